The summed E-state index contributed by atoms with van der Waals surface area (Å²) in [5.74, 6) is 0.301. The molecule has 2 atom stereocenters. The molecule has 3 aromatic rings. The molecule has 0 bridgehead atoms. The van der Waals surface area contributed by atoms with Crippen molar-refractivity contribution in [2.45, 2.75) is 17.2 Å². The molecule has 1 aromatic heterocycles. The average Bonchev–Trinajstić information content (AvgIpc) is 3.34. The number of aryl methyl sites for hydroxylation is 1. The van der Waals surface area contributed by atoms with Crippen LogP contribution in [0.25, 0.3) is 5.70 Å². The number of phenols is 1. The number of aromatic hydroxyl groups is 1. The van der Waals surface area contributed by atoms with Gasteiger partial charge in [0.05, 0.1) is 9.77 Å². The Kier molecular flexibility index (Phi) is 5.40. The number of hydrogen-bond donors (Lipinski definition) is 4. The minimum absolute atomic E-state index is 0.0965. The molecule has 0 radical (unpaired) electrons. The monoisotopic (exact) mass is 430 g/mol. The Hall–Kier alpha value is -2.33. The molecule has 0 saturated heterocycles. The van der Waals surface area contributed by atoms with Crippen molar-refractivity contribution >= 4 is 50.6 Å². The normalized spacial score (nSPS) is 17.1. The van der Waals surface area contributed by atoms with Gasteiger partial charge in [0.25, 0.3) is 0 Å². The predicted octanol–water partition coefficient (Wildman–Crippen LogP) is 4.22. The number of nitrogens with two attached hydrogens (primary N) is 1. The van der Waals surface area contributed by atoms with E-state index >= 15 is 0 Å². The molecule has 0 fully saturated rings. The number of thioether (sulfide) groups is 1. The Morgan fingerprint density at radius 1 is 1.25 bits per heavy atom. The lowest BCUT2D eigenvalue weighted by atomic mass is 10.1. The average molecular weight is 431 g/mol. The molecule has 2 unspecified atom stereocenters. The summed E-state index contributed by atoms with van der Waals surface area (Å²) in [5, 5.41) is 24.8. The van der Waals surface area contributed by atoms with Crippen molar-refractivity contribution < 1.29 is 9.32 Å². The molecule has 9 heteroatoms. The molecule has 1 aliphatic heterocycles. The number of benzene rings is 2. The summed E-state index contributed by atoms with van der Waals surface area (Å²) in [6.45, 7) is 1.89. The smallest absolute Gasteiger partial charge is 0.187 e. The lowest BCUT2D eigenvalue weighted by Gasteiger charge is -2.11. The van der Waals surface area contributed by atoms with Gasteiger partial charge >= 0.3 is 0 Å². The van der Waals surface area contributed by atoms with E-state index < -0.39 is 11.0 Å². The van der Waals surface area contributed by atoms with Gasteiger partial charge in [-0.25, -0.2) is 14.3 Å². The highest BCUT2D eigenvalue weighted by molar-refractivity contribution is 8.02. The van der Waals surface area contributed by atoms with E-state index in [-0.39, 0.29) is 5.37 Å². The van der Waals surface area contributed by atoms with Crippen LogP contribution in [0.3, 0.4) is 0 Å². The Labute approximate surface area is 173 Å². The molecular weight excluding hydrogens is 412 g/mol. The van der Waals surface area contributed by atoms with Gasteiger partial charge in [-0.1, -0.05) is 11.3 Å². The number of phenolic OH excluding ortho intramolecular Hbond substituents is 1. The first kappa shape index (κ1) is 19.0. The maximum Gasteiger partial charge on any atom is 0.187 e. The van der Waals surface area contributed by atoms with E-state index in [2.05, 4.69) is 21.0 Å². The Morgan fingerprint density at radius 2 is 2.04 bits per heavy atom. The molecule has 2 heterocycles. The fraction of sp³-hybridized carbons (Fsp3) is 0.105. The Balaban J connectivity index is 1.42. The van der Waals surface area contributed by atoms with Gasteiger partial charge in [0, 0.05) is 17.6 Å². The van der Waals surface area contributed by atoms with E-state index in [0.29, 0.717) is 10.6 Å². The Bertz CT molecular complexity index is 1060. The van der Waals surface area contributed by atoms with Crippen LogP contribution < -0.4 is 15.8 Å². The molecule has 0 amide bonds. The lowest BCUT2D eigenvalue weighted by Crippen LogP contribution is -2.11. The minimum atomic E-state index is -1.48. The maximum atomic E-state index is 11.3. The maximum absolute atomic E-state index is 11.3. The van der Waals surface area contributed by atoms with E-state index in [1.165, 1.54) is 0 Å². The third kappa shape index (κ3) is 4.07. The zero-order valence-corrected chi connectivity index (χ0v) is 17.3. The second kappa shape index (κ2) is 7.96. The predicted molar refractivity (Wildman–Crippen MR) is 117 cm³/mol. The van der Waals surface area contributed by atoms with Crippen LogP contribution >= 0.6 is 23.1 Å². The molecule has 0 saturated carbocycles. The van der Waals surface area contributed by atoms with Crippen LogP contribution in [-0.4, -0.2) is 14.3 Å². The molecular formula is C19H18N4O2S3. The van der Waals surface area contributed by atoms with Crippen molar-refractivity contribution in [1.82, 2.24) is 10.3 Å². The zero-order chi connectivity index (χ0) is 19.7. The second-order valence-corrected chi connectivity index (χ2v) is 9.32. The van der Waals surface area contributed by atoms with Crippen LogP contribution in [0, 0.1) is 6.92 Å². The van der Waals surface area contributed by atoms with E-state index in [1.54, 1.807) is 41.3 Å². The van der Waals surface area contributed by atoms with Gasteiger partial charge in [-0.05, 0) is 65.9 Å². The molecule has 4 rings (SSSR count). The van der Waals surface area contributed by atoms with Gasteiger partial charge in [-0.3, -0.25) is 0 Å². The second-order valence-electron chi connectivity index (χ2n) is 6.21. The summed E-state index contributed by atoms with van der Waals surface area (Å²) >= 11 is 3.27. The molecule has 0 aliphatic carbocycles. The van der Waals surface area contributed by atoms with E-state index in [1.807, 2.05) is 37.4 Å². The fourth-order valence-corrected chi connectivity index (χ4v) is 5.07. The van der Waals surface area contributed by atoms with Crippen LogP contribution in [0.1, 0.15) is 21.4 Å². The summed E-state index contributed by atoms with van der Waals surface area (Å²) in [5.41, 5.74) is 3.79. The van der Waals surface area contributed by atoms with Crippen LogP contribution in [0.4, 0.5) is 10.8 Å². The first-order chi connectivity index (χ1) is 13.5. The van der Waals surface area contributed by atoms with Crippen LogP contribution in [-0.2, 0) is 11.0 Å². The molecule has 6 nitrogen and oxygen atoms in total. The summed E-state index contributed by atoms with van der Waals surface area (Å²) in [7, 11) is -1.48. The summed E-state index contributed by atoms with van der Waals surface area (Å²) in [4.78, 5) is 6.14. The quantitative estimate of drug-likeness (QED) is 0.484. The third-order valence-corrected chi connectivity index (χ3v) is 7.12. The van der Waals surface area contributed by atoms with Gasteiger partial charge in [0.15, 0.2) is 5.13 Å². The number of thiazole rings is 1. The molecule has 5 N–H and O–H groups in total. The van der Waals surface area contributed by atoms with Crippen LogP contribution in [0.2, 0.25) is 0 Å². The molecule has 1 aliphatic rings. The van der Waals surface area contributed by atoms with Gasteiger partial charge in [0.2, 0.25) is 0 Å². The number of anilines is 2. The Morgan fingerprint density at radius 3 is 2.75 bits per heavy atom. The summed E-state index contributed by atoms with van der Waals surface area (Å²) < 4.78 is 11.3. The van der Waals surface area contributed by atoms with Gasteiger partial charge in [-0.15, -0.1) is 11.8 Å². The van der Waals surface area contributed by atoms with Crippen molar-refractivity contribution in [1.29, 1.82) is 0 Å². The standard InChI is InChI=1S/C19H18N4O2S3/c1-11-8-12(2-7-16(11)24)15-10-26-18(23-15)17-9-21-19(27-17)22-13-3-5-14(6-4-13)28(20)25/h2-10,18,23-24H,20H2,1H3,(H,21,22). The first-order valence-electron chi connectivity index (χ1n) is 8.41. The van der Waals surface area contributed by atoms with Crippen molar-refractivity contribution in [3.63, 3.8) is 0 Å². The highest BCUT2D eigenvalue weighted by Gasteiger charge is 2.22. The fourth-order valence-electron chi connectivity index (χ4n) is 2.72. The van der Waals surface area contributed by atoms with Crippen LogP contribution in [0.15, 0.2) is 59.0 Å². The van der Waals surface area contributed by atoms with Crippen molar-refractivity contribution in [3.8, 4) is 5.75 Å². The molecule has 2 aromatic carbocycles. The summed E-state index contributed by atoms with van der Waals surface area (Å²) in [6.07, 6.45) is 1.86. The largest absolute Gasteiger partial charge is 0.508 e. The number of nitrogens with zero attached hydrogens (tertiary/aromatic N) is 1. The topological polar surface area (TPSA) is 100 Å². The molecule has 144 valence electrons. The third-order valence-electron chi connectivity index (χ3n) is 4.24. The van der Waals surface area contributed by atoms with Crippen molar-refractivity contribution in [3.05, 3.63) is 70.1 Å². The highest BCUT2D eigenvalue weighted by Crippen LogP contribution is 2.41. The molecule has 0 spiro atoms. The number of hydrogen-bond acceptors (Lipinski definition) is 7. The summed E-state index contributed by atoms with van der Waals surface area (Å²) in [6, 6.07) is 12.7. The van der Waals surface area contributed by atoms with Gasteiger partial charge < -0.3 is 15.7 Å². The SMILES string of the molecule is Cc1cc(C2=CSC(c3cnc(Nc4ccc(S(N)=O)cc4)s3)N2)ccc1O. The van der Waals surface area contributed by atoms with E-state index in [9.17, 15) is 9.32 Å². The van der Waals surface area contributed by atoms with E-state index in [0.717, 1.165) is 32.5 Å². The molecule has 28 heavy (non-hydrogen) atoms. The van der Waals surface area contributed by atoms with Crippen molar-refractivity contribution in [2.75, 3.05) is 5.32 Å². The lowest BCUT2D eigenvalue weighted by molar-refractivity contribution is 0.471. The minimum Gasteiger partial charge on any atom is -0.508 e. The number of rotatable bonds is 5. The number of nitrogens with one attached hydrogen (secondary N) is 2. The first-order valence-corrected chi connectivity index (χ1v) is 11.4. The van der Waals surface area contributed by atoms with Crippen molar-refractivity contribution in [2.24, 2.45) is 5.14 Å². The zero-order valence-electron chi connectivity index (χ0n) is 14.9. The van der Waals surface area contributed by atoms with Gasteiger partial charge in [0.1, 0.15) is 22.1 Å². The van der Waals surface area contributed by atoms with E-state index in [4.69, 9.17) is 5.14 Å². The van der Waals surface area contributed by atoms with Gasteiger partial charge in [-0.2, -0.15) is 0 Å². The van der Waals surface area contributed by atoms with Crippen LogP contribution in [0.5, 0.6) is 5.75 Å². The number of aromatic nitrogens is 1. The highest BCUT2D eigenvalue weighted by atomic mass is 32.2.